The summed E-state index contributed by atoms with van der Waals surface area (Å²) in [5, 5.41) is 12.0. The molecule has 6 nitrogen and oxygen atoms in total. The summed E-state index contributed by atoms with van der Waals surface area (Å²) in [5.41, 5.74) is 0.214. The van der Waals surface area contributed by atoms with Gasteiger partial charge in [0.2, 0.25) is 5.89 Å². The van der Waals surface area contributed by atoms with Crippen LogP contribution in [0, 0.1) is 6.92 Å². The van der Waals surface area contributed by atoms with E-state index in [1.807, 2.05) is 6.92 Å². The highest BCUT2D eigenvalue weighted by atomic mass is 16.5. The van der Waals surface area contributed by atoms with Gasteiger partial charge in [-0.1, -0.05) is 6.07 Å². The molecular weight excluding hydrogens is 260 g/mol. The first-order chi connectivity index (χ1) is 9.65. The fourth-order valence-corrected chi connectivity index (χ4v) is 1.64. The maximum Gasteiger partial charge on any atom is 0.335 e. The molecule has 0 aliphatic carbocycles. The second kappa shape index (κ2) is 6.72. The third-order valence-corrected chi connectivity index (χ3v) is 2.57. The van der Waals surface area contributed by atoms with Gasteiger partial charge in [-0.2, -0.15) is 0 Å². The lowest BCUT2D eigenvalue weighted by atomic mass is 10.2. The first-order valence-corrected chi connectivity index (χ1v) is 6.23. The van der Waals surface area contributed by atoms with E-state index in [1.165, 1.54) is 12.1 Å². The largest absolute Gasteiger partial charge is 0.492 e. The van der Waals surface area contributed by atoms with Crippen LogP contribution in [0.15, 0.2) is 34.9 Å². The second-order valence-electron chi connectivity index (χ2n) is 4.22. The average molecular weight is 276 g/mol. The summed E-state index contributed by atoms with van der Waals surface area (Å²) < 4.78 is 10.8. The van der Waals surface area contributed by atoms with Gasteiger partial charge in [-0.25, -0.2) is 9.78 Å². The Labute approximate surface area is 116 Å². The van der Waals surface area contributed by atoms with Crippen molar-refractivity contribution in [2.24, 2.45) is 0 Å². The van der Waals surface area contributed by atoms with Gasteiger partial charge >= 0.3 is 5.97 Å². The third-order valence-electron chi connectivity index (χ3n) is 2.57. The van der Waals surface area contributed by atoms with E-state index >= 15 is 0 Å². The Bertz CT molecular complexity index is 580. The van der Waals surface area contributed by atoms with Crippen molar-refractivity contribution in [2.75, 3.05) is 13.2 Å². The first kappa shape index (κ1) is 14.1. The molecule has 0 spiro atoms. The average Bonchev–Trinajstić information content (AvgIpc) is 2.84. The molecule has 0 unspecified atom stereocenters. The van der Waals surface area contributed by atoms with E-state index < -0.39 is 5.97 Å². The number of aryl methyl sites for hydroxylation is 1. The van der Waals surface area contributed by atoms with Crippen molar-refractivity contribution in [3.05, 3.63) is 47.7 Å². The van der Waals surface area contributed by atoms with Crippen molar-refractivity contribution in [1.82, 2.24) is 10.3 Å². The number of carbonyl (C=O) groups is 1. The fourth-order valence-electron chi connectivity index (χ4n) is 1.64. The molecule has 0 radical (unpaired) electrons. The molecule has 2 aromatic rings. The van der Waals surface area contributed by atoms with Crippen LogP contribution in [0.2, 0.25) is 0 Å². The predicted molar refractivity (Wildman–Crippen MR) is 71.8 cm³/mol. The van der Waals surface area contributed by atoms with Crippen molar-refractivity contribution in [2.45, 2.75) is 13.5 Å². The van der Waals surface area contributed by atoms with Gasteiger partial charge in [0.05, 0.1) is 18.3 Å². The topological polar surface area (TPSA) is 84.6 Å². The van der Waals surface area contributed by atoms with Gasteiger partial charge in [-0.3, -0.25) is 0 Å². The Balaban J connectivity index is 1.70. The minimum Gasteiger partial charge on any atom is -0.492 e. The minimum atomic E-state index is -0.965. The number of carboxylic acids is 1. The highest BCUT2D eigenvalue weighted by Crippen LogP contribution is 2.12. The SMILES string of the molecule is Cc1cnc(CNCCOc2cccc(C(=O)O)c2)o1. The molecule has 0 fully saturated rings. The lowest BCUT2D eigenvalue weighted by Crippen LogP contribution is -2.20. The Morgan fingerprint density at radius 1 is 1.50 bits per heavy atom. The summed E-state index contributed by atoms with van der Waals surface area (Å²) in [4.78, 5) is 14.9. The van der Waals surface area contributed by atoms with Crippen molar-refractivity contribution >= 4 is 5.97 Å². The number of nitrogens with one attached hydrogen (secondary N) is 1. The number of nitrogens with zero attached hydrogens (tertiary/aromatic N) is 1. The maximum atomic E-state index is 10.8. The van der Waals surface area contributed by atoms with Gasteiger partial charge in [0.1, 0.15) is 18.1 Å². The van der Waals surface area contributed by atoms with Crippen LogP contribution in [0.3, 0.4) is 0 Å². The smallest absolute Gasteiger partial charge is 0.335 e. The normalized spacial score (nSPS) is 10.4. The molecule has 0 saturated heterocycles. The number of aromatic carboxylic acids is 1. The number of rotatable bonds is 7. The Kier molecular flexibility index (Phi) is 4.73. The number of hydrogen-bond donors (Lipinski definition) is 2. The number of carboxylic acid groups (broad SMARTS) is 1. The Hall–Kier alpha value is -2.34. The van der Waals surface area contributed by atoms with Gasteiger partial charge in [-0.15, -0.1) is 0 Å². The summed E-state index contributed by atoms with van der Waals surface area (Å²) in [6.45, 7) is 3.42. The van der Waals surface area contributed by atoms with Crippen LogP contribution in [-0.4, -0.2) is 29.2 Å². The fraction of sp³-hybridized carbons (Fsp3) is 0.286. The molecule has 0 amide bonds. The third kappa shape index (κ3) is 4.10. The molecule has 0 aliphatic heterocycles. The van der Waals surface area contributed by atoms with Crippen LogP contribution in [0.1, 0.15) is 22.0 Å². The van der Waals surface area contributed by atoms with Crippen LogP contribution in [0.5, 0.6) is 5.75 Å². The van der Waals surface area contributed by atoms with E-state index in [1.54, 1.807) is 18.3 Å². The van der Waals surface area contributed by atoms with E-state index in [2.05, 4.69) is 10.3 Å². The summed E-state index contributed by atoms with van der Waals surface area (Å²) in [7, 11) is 0. The zero-order valence-electron chi connectivity index (χ0n) is 11.1. The monoisotopic (exact) mass is 276 g/mol. The van der Waals surface area contributed by atoms with E-state index in [9.17, 15) is 4.79 Å². The molecule has 1 aromatic heterocycles. The van der Waals surface area contributed by atoms with E-state index in [4.69, 9.17) is 14.3 Å². The van der Waals surface area contributed by atoms with Crippen molar-refractivity contribution in [3.8, 4) is 5.75 Å². The summed E-state index contributed by atoms with van der Waals surface area (Å²) in [6, 6.07) is 6.41. The second-order valence-corrected chi connectivity index (χ2v) is 4.22. The van der Waals surface area contributed by atoms with Crippen molar-refractivity contribution in [1.29, 1.82) is 0 Å². The Morgan fingerprint density at radius 2 is 2.35 bits per heavy atom. The molecule has 1 aromatic carbocycles. The van der Waals surface area contributed by atoms with Crippen LogP contribution in [0.4, 0.5) is 0 Å². The Morgan fingerprint density at radius 3 is 3.05 bits per heavy atom. The number of oxazole rings is 1. The molecule has 0 bridgehead atoms. The van der Waals surface area contributed by atoms with Gasteiger partial charge in [0.15, 0.2) is 0 Å². The van der Waals surface area contributed by atoms with E-state index in [0.717, 1.165) is 5.76 Å². The molecule has 0 atom stereocenters. The standard InChI is InChI=1S/C14H16N2O4/c1-10-8-16-13(20-10)9-15-5-6-19-12-4-2-3-11(7-12)14(17)18/h2-4,7-8,15H,5-6,9H2,1H3,(H,17,18). The highest BCUT2D eigenvalue weighted by Gasteiger charge is 2.04. The number of benzene rings is 1. The van der Waals surface area contributed by atoms with Crippen LogP contribution in [-0.2, 0) is 6.54 Å². The summed E-state index contributed by atoms with van der Waals surface area (Å²) in [5.74, 6) is 0.991. The number of hydrogen-bond acceptors (Lipinski definition) is 5. The quantitative estimate of drug-likeness (QED) is 0.751. The molecule has 20 heavy (non-hydrogen) atoms. The number of aromatic nitrogens is 1. The van der Waals surface area contributed by atoms with Gasteiger partial charge in [0, 0.05) is 6.54 Å². The van der Waals surface area contributed by atoms with Gasteiger partial charge in [0.25, 0.3) is 0 Å². The molecule has 2 rings (SSSR count). The van der Waals surface area contributed by atoms with Crippen LogP contribution in [0.25, 0.3) is 0 Å². The van der Waals surface area contributed by atoms with Crippen molar-refractivity contribution < 1.29 is 19.1 Å². The van der Waals surface area contributed by atoms with Gasteiger partial charge < -0.3 is 19.6 Å². The molecule has 6 heteroatoms. The molecule has 0 saturated carbocycles. The molecule has 1 heterocycles. The zero-order chi connectivity index (χ0) is 14.4. The molecule has 106 valence electrons. The minimum absolute atomic E-state index is 0.214. The van der Waals surface area contributed by atoms with E-state index in [-0.39, 0.29) is 5.56 Å². The lowest BCUT2D eigenvalue weighted by Gasteiger charge is -2.07. The summed E-state index contributed by atoms with van der Waals surface area (Å²) >= 11 is 0. The van der Waals surface area contributed by atoms with Gasteiger partial charge in [-0.05, 0) is 25.1 Å². The predicted octanol–water partition coefficient (Wildman–Crippen LogP) is 1.85. The zero-order valence-corrected chi connectivity index (χ0v) is 11.1. The van der Waals surface area contributed by atoms with Crippen molar-refractivity contribution in [3.63, 3.8) is 0 Å². The molecule has 2 N–H and O–H groups in total. The number of ether oxygens (including phenoxy) is 1. The van der Waals surface area contributed by atoms with Crippen LogP contribution >= 0.6 is 0 Å². The lowest BCUT2D eigenvalue weighted by molar-refractivity contribution is 0.0696. The highest BCUT2D eigenvalue weighted by molar-refractivity contribution is 5.87. The molecule has 0 aliphatic rings. The maximum absolute atomic E-state index is 10.8. The van der Waals surface area contributed by atoms with Crippen LogP contribution < -0.4 is 10.1 Å². The first-order valence-electron chi connectivity index (χ1n) is 6.23. The molecular formula is C14H16N2O4. The summed E-state index contributed by atoms with van der Waals surface area (Å²) in [6.07, 6.45) is 1.67. The van der Waals surface area contributed by atoms with E-state index in [0.29, 0.717) is 31.3 Å².